The van der Waals surface area contributed by atoms with E-state index in [0.29, 0.717) is 41.9 Å². The highest BCUT2D eigenvalue weighted by atomic mass is 16.5. The molecular weight excluding hydrogens is 306 g/mol. The molecule has 1 saturated heterocycles. The van der Waals surface area contributed by atoms with Gasteiger partial charge in [0, 0.05) is 31.2 Å². The Balaban J connectivity index is 1.97. The third-order valence-electron chi connectivity index (χ3n) is 4.69. The second kappa shape index (κ2) is 6.65. The first-order valence-electron chi connectivity index (χ1n) is 8.12. The van der Waals surface area contributed by atoms with E-state index < -0.39 is 0 Å². The van der Waals surface area contributed by atoms with Crippen molar-refractivity contribution in [3.8, 4) is 17.0 Å². The summed E-state index contributed by atoms with van der Waals surface area (Å²) in [4.78, 5) is 17.2. The zero-order valence-electron chi connectivity index (χ0n) is 14.6. The fourth-order valence-corrected chi connectivity index (χ4v) is 3.04. The number of likely N-dealkylation sites (N-methyl/N-ethyl adjacent to an activating group) is 1. The van der Waals surface area contributed by atoms with Gasteiger partial charge in [-0.2, -0.15) is 0 Å². The molecule has 128 valence electrons. The van der Waals surface area contributed by atoms with Gasteiger partial charge in [0.15, 0.2) is 0 Å². The zero-order valence-corrected chi connectivity index (χ0v) is 14.6. The average Bonchev–Trinajstić information content (AvgIpc) is 2.98. The van der Waals surface area contributed by atoms with Crippen molar-refractivity contribution in [1.82, 2.24) is 15.0 Å². The molecule has 6 heteroatoms. The Labute approximate surface area is 142 Å². The predicted molar refractivity (Wildman–Crippen MR) is 91.2 cm³/mol. The van der Waals surface area contributed by atoms with Crippen LogP contribution in [0.15, 0.2) is 28.8 Å². The van der Waals surface area contributed by atoms with Crippen LogP contribution < -0.4 is 4.74 Å². The monoisotopic (exact) mass is 329 g/mol. The van der Waals surface area contributed by atoms with Crippen molar-refractivity contribution >= 4 is 5.91 Å². The normalized spacial score (nSPS) is 18.7. The van der Waals surface area contributed by atoms with E-state index in [1.165, 1.54) is 0 Å². The molecule has 1 fully saturated rings. The predicted octanol–water partition coefficient (Wildman–Crippen LogP) is 2.43. The minimum atomic E-state index is -0.0328. The summed E-state index contributed by atoms with van der Waals surface area (Å²) < 4.78 is 10.8. The molecular formula is C18H23N3O3. The fraction of sp³-hybridized carbons (Fsp3) is 0.444. The number of aromatic nitrogens is 1. The average molecular weight is 329 g/mol. The molecule has 1 aromatic heterocycles. The van der Waals surface area contributed by atoms with Crippen LogP contribution in [0.25, 0.3) is 11.3 Å². The Kier molecular flexibility index (Phi) is 4.57. The van der Waals surface area contributed by atoms with Crippen molar-refractivity contribution in [1.29, 1.82) is 0 Å². The summed E-state index contributed by atoms with van der Waals surface area (Å²) in [6.07, 6.45) is 0. The number of amides is 1. The largest absolute Gasteiger partial charge is 0.496 e. The minimum absolute atomic E-state index is 0.0328. The summed E-state index contributed by atoms with van der Waals surface area (Å²) in [5, 5.41) is 4.13. The van der Waals surface area contributed by atoms with Gasteiger partial charge in [0.2, 0.25) is 0 Å². The van der Waals surface area contributed by atoms with Crippen LogP contribution in [0.1, 0.15) is 23.0 Å². The van der Waals surface area contributed by atoms with Crippen molar-refractivity contribution in [2.75, 3.05) is 33.8 Å². The molecule has 0 unspecified atom stereocenters. The van der Waals surface area contributed by atoms with E-state index in [2.05, 4.69) is 24.0 Å². The SMILES string of the molecule is COc1ccccc1-c1noc(C)c1C(=O)N1CCN(C)[C@H](C)C1. The van der Waals surface area contributed by atoms with E-state index in [4.69, 9.17) is 9.26 Å². The molecule has 0 spiro atoms. The van der Waals surface area contributed by atoms with Crippen molar-refractivity contribution in [3.05, 3.63) is 35.6 Å². The van der Waals surface area contributed by atoms with E-state index >= 15 is 0 Å². The maximum Gasteiger partial charge on any atom is 0.259 e. The molecule has 1 atom stereocenters. The summed E-state index contributed by atoms with van der Waals surface area (Å²) in [6, 6.07) is 7.86. The molecule has 1 aliphatic heterocycles. The topological polar surface area (TPSA) is 58.8 Å². The zero-order chi connectivity index (χ0) is 17.3. The number of hydrogen-bond acceptors (Lipinski definition) is 5. The number of carbonyl (C=O) groups is 1. The number of nitrogens with zero attached hydrogens (tertiary/aromatic N) is 3. The lowest BCUT2D eigenvalue weighted by Crippen LogP contribution is -2.52. The van der Waals surface area contributed by atoms with Crippen molar-refractivity contribution in [2.45, 2.75) is 19.9 Å². The van der Waals surface area contributed by atoms with E-state index in [1.807, 2.05) is 29.2 Å². The number of piperazine rings is 1. The molecule has 1 aromatic carbocycles. The Morgan fingerprint density at radius 3 is 2.79 bits per heavy atom. The van der Waals surface area contributed by atoms with Crippen LogP contribution in [0, 0.1) is 6.92 Å². The highest BCUT2D eigenvalue weighted by Crippen LogP contribution is 2.33. The van der Waals surface area contributed by atoms with Gasteiger partial charge in [-0.25, -0.2) is 0 Å². The van der Waals surface area contributed by atoms with Crippen molar-refractivity contribution in [2.24, 2.45) is 0 Å². The summed E-state index contributed by atoms with van der Waals surface area (Å²) in [6.45, 7) is 6.17. The van der Waals surface area contributed by atoms with Gasteiger partial charge in [0.25, 0.3) is 5.91 Å². The second-order valence-electron chi connectivity index (χ2n) is 6.24. The number of ether oxygens (including phenoxy) is 1. The summed E-state index contributed by atoms with van der Waals surface area (Å²) in [5.41, 5.74) is 1.83. The van der Waals surface area contributed by atoms with Crippen LogP contribution in [0.2, 0.25) is 0 Å². The van der Waals surface area contributed by atoms with Crippen LogP contribution in [0.3, 0.4) is 0 Å². The lowest BCUT2D eigenvalue weighted by molar-refractivity contribution is 0.0571. The van der Waals surface area contributed by atoms with E-state index in [0.717, 1.165) is 12.1 Å². The molecule has 2 heterocycles. The first kappa shape index (κ1) is 16.5. The highest BCUT2D eigenvalue weighted by molar-refractivity contribution is 6.01. The van der Waals surface area contributed by atoms with Crippen LogP contribution in [0.5, 0.6) is 5.75 Å². The Morgan fingerprint density at radius 1 is 1.33 bits per heavy atom. The van der Waals surface area contributed by atoms with Crippen LogP contribution in [-0.2, 0) is 0 Å². The molecule has 2 aromatic rings. The molecule has 24 heavy (non-hydrogen) atoms. The number of hydrogen-bond donors (Lipinski definition) is 0. The van der Waals surface area contributed by atoms with E-state index in [9.17, 15) is 4.79 Å². The molecule has 0 bridgehead atoms. The Morgan fingerprint density at radius 2 is 2.08 bits per heavy atom. The minimum Gasteiger partial charge on any atom is -0.496 e. The van der Waals surface area contributed by atoms with Crippen LogP contribution in [0.4, 0.5) is 0 Å². The smallest absolute Gasteiger partial charge is 0.259 e. The first-order chi connectivity index (χ1) is 11.5. The number of rotatable bonds is 3. The van der Waals surface area contributed by atoms with Gasteiger partial charge in [-0.15, -0.1) is 0 Å². The van der Waals surface area contributed by atoms with E-state index in [1.54, 1.807) is 14.0 Å². The van der Waals surface area contributed by atoms with Gasteiger partial charge < -0.3 is 19.1 Å². The number of methoxy groups -OCH3 is 1. The summed E-state index contributed by atoms with van der Waals surface area (Å²) >= 11 is 0. The van der Waals surface area contributed by atoms with Gasteiger partial charge in [0.05, 0.1) is 7.11 Å². The third kappa shape index (κ3) is 2.89. The maximum atomic E-state index is 13.1. The first-order valence-corrected chi connectivity index (χ1v) is 8.12. The lowest BCUT2D eigenvalue weighted by Gasteiger charge is -2.37. The van der Waals surface area contributed by atoms with Gasteiger partial charge >= 0.3 is 0 Å². The number of carbonyl (C=O) groups excluding carboxylic acids is 1. The fourth-order valence-electron chi connectivity index (χ4n) is 3.04. The summed E-state index contributed by atoms with van der Waals surface area (Å²) in [5.74, 6) is 1.17. The Hall–Kier alpha value is -2.34. The molecule has 6 nitrogen and oxygen atoms in total. The van der Waals surface area contributed by atoms with E-state index in [-0.39, 0.29) is 5.91 Å². The molecule has 1 amide bonds. The third-order valence-corrected chi connectivity index (χ3v) is 4.69. The molecule has 0 aliphatic carbocycles. The molecule has 0 radical (unpaired) electrons. The summed E-state index contributed by atoms with van der Waals surface area (Å²) in [7, 11) is 3.69. The van der Waals surface area contributed by atoms with Crippen LogP contribution >= 0.6 is 0 Å². The number of aryl methyl sites for hydroxylation is 1. The van der Waals surface area contributed by atoms with Gasteiger partial charge in [-0.3, -0.25) is 4.79 Å². The van der Waals surface area contributed by atoms with Crippen molar-refractivity contribution < 1.29 is 14.1 Å². The number of para-hydroxylation sites is 1. The quantitative estimate of drug-likeness (QED) is 0.865. The van der Waals surface area contributed by atoms with Gasteiger partial charge in [0.1, 0.15) is 22.8 Å². The lowest BCUT2D eigenvalue weighted by atomic mass is 10.0. The highest BCUT2D eigenvalue weighted by Gasteiger charge is 2.30. The standard InChI is InChI=1S/C18H23N3O3/c1-12-11-21(10-9-20(12)3)18(22)16-13(2)24-19-17(16)14-7-5-6-8-15(14)23-4/h5-8,12H,9-11H2,1-4H3/t12-/m1/s1. The van der Waals surface area contributed by atoms with Gasteiger partial charge in [-0.1, -0.05) is 17.3 Å². The molecule has 3 rings (SSSR count). The van der Waals surface area contributed by atoms with Crippen LogP contribution in [-0.4, -0.2) is 60.7 Å². The maximum absolute atomic E-state index is 13.1. The second-order valence-corrected chi connectivity index (χ2v) is 6.24. The molecule has 0 saturated carbocycles. The Bertz CT molecular complexity index is 741. The van der Waals surface area contributed by atoms with Crippen molar-refractivity contribution in [3.63, 3.8) is 0 Å². The van der Waals surface area contributed by atoms with Gasteiger partial charge in [-0.05, 0) is 33.0 Å². The molecule has 0 N–H and O–H groups in total. The molecule has 1 aliphatic rings. The number of benzene rings is 1.